The highest BCUT2D eigenvalue weighted by Crippen LogP contribution is 2.39. The fourth-order valence-electron chi connectivity index (χ4n) is 4.09. The van der Waals surface area contributed by atoms with Crippen molar-refractivity contribution in [2.75, 3.05) is 11.5 Å². The van der Waals surface area contributed by atoms with Crippen molar-refractivity contribution >= 4 is 17.6 Å². The molecular formula is C21H23FN6O3. The van der Waals surface area contributed by atoms with Gasteiger partial charge in [-0.25, -0.2) is 18.7 Å². The van der Waals surface area contributed by atoms with Crippen LogP contribution in [-0.2, 0) is 0 Å². The monoisotopic (exact) mass is 426 g/mol. The van der Waals surface area contributed by atoms with Crippen LogP contribution in [0.25, 0.3) is 5.65 Å². The number of pyridine rings is 1. The standard InChI is InChI=1S/C21H23FN6O3/c1-21(5-6-21)26-20(30)31-17-11-24-27-7-4-18(25-19(17)27)28-15(12-29)2-3-16(28)13-8-14(22)10-23-9-13/h4,7-11,15-16,29H,2-3,5-6,12H2,1H3,(H,26,30)/t15-,16+/m0/s1. The number of fused-ring (bicyclic) bond motifs is 1. The van der Waals surface area contributed by atoms with Gasteiger partial charge in [0.25, 0.3) is 0 Å². The molecule has 1 saturated heterocycles. The average molecular weight is 426 g/mol. The second-order valence-corrected chi connectivity index (χ2v) is 8.41. The number of carbonyl (C=O) groups excluding carboxylic acids is 1. The van der Waals surface area contributed by atoms with Crippen LogP contribution in [0, 0.1) is 5.82 Å². The first-order chi connectivity index (χ1) is 15.0. The zero-order valence-corrected chi connectivity index (χ0v) is 17.0. The average Bonchev–Trinajstić information content (AvgIpc) is 3.15. The minimum absolute atomic E-state index is 0.0598. The van der Waals surface area contributed by atoms with Crippen molar-refractivity contribution in [1.29, 1.82) is 0 Å². The summed E-state index contributed by atoms with van der Waals surface area (Å²) in [6, 6.07) is 2.89. The minimum atomic E-state index is -0.541. The Balaban J connectivity index is 1.47. The molecule has 31 heavy (non-hydrogen) atoms. The zero-order chi connectivity index (χ0) is 21.6. The first-order valence-electron chi connectivity index (χ1n) is 10.3. The molecule has 2 aliphatic rings. The Labute approximate surface area is 177 Å². The van der Waals surface area contributed by atoms with Crippen LogP contribution in [0.15, 0.2) is 36.9 Å². The molecule has 0 unspecified atom stereocenters. The molecule has 1 amide bonds. The number of rotatable bonds is 5. The van der Waals surface area contributed by atoms with E-state index in [2.05, 4.69) is 20.4 Å². The number of aliphatic hydroxyl groups excluding tert-OH is 1. The van der Waals surface area contributed by atoms with E-state index in [-0.39, 0.29) is 30.0 Å². The van der Waals surface area contributed by atoms with Gasteiger partial charge in [-0.2, -0.15) is 5.10 Å². The van der Waals surface area contributed by atoms with E-state index >= 15 is 0 Å². The lowest BCUT2D eigenvalue weighted by Gasteiger charge is -2.30. The molecule has 0 spiro atoms. The van der Waals surface area contributed by atoms with E-state index in [4.69, 9.17) is 4.74 Å². The SMILES string of the molecule is CC1(NC(=O)Oc2cnn3ccc(N4[C@H](CO)CC[C@@H]4c4cncc(F)c4)nc23)CC1. The van der Waals surface area contributed by atoms with Crippen LogP contribution in [0.1, 0.15) is 44.2 Å². The van der Waals surface area contributed by atoms with E-state index in [0.29, 0.717) is 11.5 Å². The molecule has 9 nitrogen and oxygen atoms in total. The fourth-order valence-corrected chi connectivity index (χ4v) is 4.09. The van der Waals surface area contributed by atoms with E-state index in [1.165, 1.54) is 23.0 Å². The van der Waals surface area contributed by atoms with Gasteiger partial charge in [0.05, 0.1) is 31.1 Å². The molecule has 0 bridgehead atoms. The van der Waals surface area contributed by atoms with Crippen LogP contribution in [-0.4, -0.2) is 49.0 Å². The Morgan fingerprint density at radius 1 is 1.35 bits per heavy atom. The number of amides is 1. The Bertz CT molecular complexity index is 1130. The molecule has 1 aliphatic heterocycles. The fraction of sp³-hybridized carbons (Fsp3) is 0.429. The van der Waals surface area contributed by atoms with Crippen molar-refractivity contribution in [3.8, 4) is 5.75 Å². The van der Waals surface area contributed by atoms with E-state index in [1.54, 1.807) is 18.5 Å². The first kappa shape index (κ1) is 19.7. The maximum absolute atomic E-state index is 13.8. The maximum Gasteiger partial charge on any atom is 0.413 e. The predicted octanol–water partition coefficient (Wildman–Crippen LogP) is 2.61. The summed E-state index contributed by atoms with van der Waals surface area (Å²) in [7, 11) is 0. The summed E-state index contributed by atoms with van der Waals surface area (Å²) in [6.45, 7) is 1.90. The molecule has 4 heterocycles. The summed E-state index contributed by atoms with van der Waals surface area (Å²) in [5.41, 5.74) is 0.905. The maximum atomic E-state index is 13.8. The molecule has 2 N–H and O–H groups in total. The van der Waals surface area contributed by atoms with E-state index < -0.39 is 11.9 Å². The second kappa shape index (κ2) is 7.45. The number of anilines is 1. The number of halogens is 1. The van der Waals surface area contributed by atoms with Crippen molar-refractivity contribution in [3.05, 3.63) is 48.3 Å². The van der Waals surface area contributed by atoms with Gasteiger partial charge in [0.1, 0.15) is 11.6 Å². The van der Waals surface area contributed by atoms with Crippen LogP contribution in [0.3, 0.4) is 0 Å². The predicted molar refractivity (Wildman–Crippen MR) is 109 cm³/mol. The second-order valence-electron chi connectivity index (χ2n) is 8.41. The summed E-state index contributed by atoms with van der Waals surface area (Å²) in [4.78, 5) is 22.8. The topological polar surface area (TPSA) is 105 Å². The van der Waals surface area contributed by atoms with Gasteiger partial charge >= 0.3 is 6.09 Å². The quantitative estimate of drug-likeness (QED) is 0.646. The highest BCUT2D eigenvalue weighted by atomic mass is 19.1. The number of nitrogens with one attached hydrogen (secondary N) is 1. The third-order valence-electron chi connectivity index (χ3n) is 6.02. The van der Waals surface area contributed by atoms with Crippen LogP contribution in [0.5, 0.6) is 5.75 Å². The molecule has 1 aliphatic carbocycles. The van der Waals surface area contributed by atoms with Gasteiger partial charge in [-0.1, -0.05) is 0 Å². The molecule has 5 rings (SSSR count). The number of aliphatic hydroxyl groups is 1. The summed E-state index contributed by atoms with van der Waals surface area (Å²) >= 11 is 0. The van der Waals surface area contributed by atoms with Gasteiger partial charge < -0.3 is 20.1 Å². The normalized spacial score (nSPS) is 22.0. The Morgan fingerprint density at radius 3 is 2.94 bits per heavy atom. The lowest BCUT2D eigenvalue weighted by atomic mass is 10.1. The molecule has 10 heteroatoms. The van der Waals surface area contributed by atoms with Gasteiger partial charge in [-0.3, -0.25) is 4.98 Å². The molecule has 0 aromatic carbocycles. The third kappa shape index (κ3) is 3.78. The van der Waals surface area contributed by atoms with Crippen LogP contribution >= 0.6 is 0 Å². The summed E-state index contributed by atoms with van der Waals surface area (Å²) in [5, 5.41) is 17.0. The van der Waals surface area contributed by atoms with Crippen molar-refractivity contribution < 1.29 is 19.0 Å². The van der Waals surface area contributed by atoms with Crippen molar-refractivity contribution in [2.24, 2.45) is 0 Å². The highest BCUT2D eigenvalue weighted by Gasteiger charge is 2.39. The van der Waals surface area contributed by atoms with Crippen LogP contribution in [0.2, 0.25) is 0 Å². The lowest BCUT2D eigenvalue weighted by Crippen LogP contribution is -2.36. The highest BCUT2D eigenvalue weighted by molar-refractivity contribution is 5.74. The van der Waals surface area contributed by atoms with Gasteiger partial charge in [0, 0.05) is 17.9 Å². The number of hydrogen-bond donors (Lipinski definition) is 2. The molecule has 0 radical (unpaired) electrons. The Morgan fingerprint density at radius 2 is 2.19 bits per heavy atom. The third-order valence-corrected chi connectivity index (χ3v) is 6.02. The van der Waals surface area contributed by atoms with Crippen molar-refractivity contribution in [1.82, 2.24) is 24.9 Å². The molecule has 3 aromatic rings. The molecule has 2 fully saturated rings. The van der Waals surface area contributed by atoms with Crippen molar-refractivity contribution in [3.63, 3.8) is 0 Å². The van der Waals surface area contributed by atoms with Gasteiger partial charge in [0.2, 0.25) is 5.65 Å². The number of ether oxygens (including phenoxy) is 1. The van der Waals surface area contributed by atoms with Gasteiger partial charge in [0.15, 0.2) is 5.75 Å². The Kier molecular flexibility index (Phi) is 4.73. The molecular weight excluding hydrogens is 403 g/mol. The number of hydrogen-bond acceptors (Lipinski definition) is 7. The van der Waals surface area contributed by atoms with E-state index in [1.807, 2.05) is 11.8 Å². The molecule has 2 atom stereocenters. The number of nitrogens with zero attached hydrogens (tertiary/aromatic N) is 5. The van der Waals surface area contributed by atoms with Gasteiger partial charge in [-0.15, -0.1) is 0 Å². The zero-order valence-electron chi connectivity index (χ0n) is 17.0. The first-order valence-corrected chi connectivity index (χ1v) is 10.3. The van der Waals surface area contributed by atoms with Crippen molar-refractivity contribution in [2.45, 2.75) is 50.2 Å². The molecule has 3 aromatic heterocycles. The van der Waals surface area contributed by atoms with Crippen LogP contribution in [0.4, 0.5) is 15.0 Å². The number of carbonyl (C=O) groups is 1. The lowest BCUT2D eigenvalue weighted by molar-refractivity contribution is 0.196. The summed E-state index contributed by atoms with van der Waals surface area (Å²) in [5.74, 6) is 0.417. The molecule has 162 valence electrons. The van der Waals surface area contributed by atoms with Crippen LogP contribution < -0.4 is 15.0 Å². The summed E-state index contributed by atoms with van der Waals surface area (Å²) < 4.78 is 20.8. The largest absolute Gasteiger partial charge is 0.413 e. The van der Waals surface area contributed by atoms with Gasteiger partial charge in [-0.05, 0) is 50.3 Å². The minimum Gasteiger partial charge on any atom is -0.405 e. The van der Waals surface area contributed by atoms with E-state index in [0.717, 1.165) is 31.2 Å². The number of aromatic nitrogens is 4. The summed E-state index contributed by atoms with van der Waals surface area (Å²) in [6.07, 6.45) is 8.73. The molecule has 1 saturated carbocycles. The Hall–Kier alpha value is -3.27. The van der Waals surface area contributed by atoms with E-state index in [9.17, 15) is 14.3 Å². The smallest absolute Gasteiger partial charge is 0.405 e.